The van der Waals surface area contributed by atoms with Crippen LogP contribution >= 0.6 is 15.9 Å². The van der Waals surface area contributed by atoms with E-state index in [4.69, 9.17) is 15.2 Å². The van der Waals surface area contributed by atoms with Crippen molar-refractivity contribution in [3.05, 3.63) is 58.1 Å². The summed E-state index contributed by atoms with van der Waals surface area (Å²) in [4.78, 5) is 0. The maximum atomic E-state index is 5.85. The van der Waals surface area contributed by atoms with Gasteiger partial charge in [-0.15, -0.1) is 0 Å². The third-order valence-corrected chi connectivity index (χ3v) is 3.65. The molecule has 3 nitrogen and oxygen atoms in total. The van der Waals surface area contributed by atoms with Crippen molar-refractivity contribution >= 4 is 15.9 Å². The molecule has 0 saturated heterocycles. The fourth-order valence-corrected chi connectivity index (χ4v) is 2.31. The molecule has 0 aliphatic heterocycles. The van der Waals surface area contributed by atoms with Crippen LogP contribution in [-0.2, 0) is 6.61 Å². The van der Waals surface area contributed by atoms with Gasteiger partial charge >= 0.3 is 0 Å². The van der Waals surface area contributed by atoms with Gasteiger partial charge in [0.1, 0.15) is 18.1 Å². The van der Waals surface area contributed by atoms with Gasteiger partial charge < -0.3 is 15.2 Å². The third-order valence-electron chi connectivity index (χ3n) is 3.04. The van der Waals surface area contributed by atoms with Gasteiger partial charge in [-0.3, -0.25) is 0 Å². The molecule has 0 aliphatic rings. The molecule has 20 heavy (non-hydrogen) atoms. The van der Waals surface area contributed by atoms with E-state index in [1.807, 2.05) is 49.4 Å². The number of methoxy groups -OCH3 is 1. The lowest BCUT2D eigenvalue weighted by atomic mass is 10.1. The Bertz CT molecular complexity index is 567. The van der Waals surface area contributed by atoms with Crippen LogP contribution < -0.4 is 15.2 Å². The molecule has 0 fully saturated rings. The zero-order chi connectivity index (χ0) is 14.5. The maximum absolute atomic E-state index is 5.85. The van der Waals surface area contributed by atoms with Crippen LogP contribution in [-0.4, -0.2) is 7.11 Å². The number of hydrogen-bond donors (Lipinski definition) is 1. The average molecular weight is 336 g/mol. The molecule has 0 radical (unpaired) electrons. The van der Waals surface area contributed by atoms with Crippen LogP contribution in [0.15, 0.2) is 46.9 Å². The minimum atomic E-state index is 0.0157. The number of benzene rings is 2. The van der Waals surface area contributed by atoms with Crippen LogP contribution in [0.4, 0.5) is 0 Å². The van der Waals surface area contributed by atoms with Crippen molar-refractivity contribution in [2.24, 2.45) is 5.73 Å². The number of halogens is 1. The summed E-state index contributed by atoms with van der Waals surface area (Å²) < 4.78 is 11.8. The average Bonchev–Trinajstić information content (AvgIpc) is 2.46. The van der Waals surface area contributed by atoms with E-state index in [0.29, 0.717) is 6.61 Å². The Balaban J connectivity index is 2.03. The Kier molecular flexibility index (Phi) is 5.04. The summed E-state index contributed by atoms with van der Waals surface area (Å²) in [5, 5.41) is 0. The lowest BCUT2D eigenvalue weighted by Gasteiger charge is -2.11. The summed E-state index contributed by atoms with van der Waals surface area (Å²) in [6.45, 7) is 2.47. The van der Waals surface area contributed by atoms with Crippen LogP contribution in [0, 0.1) is 0 Å². The van der Waals surface area contributed by atoms with Crippen LogP contribution in [0.25, 0.3) is 0 Å². The highest BCUT2D eigenvalue weighted by atomic mass is 79.9. The van der Waals surface area contributed by atoms with Crippen molar-refractivity contribution in [1.82, 2.24) is 0 Å². The Labute approximate surface area is 127 Å². The van der Waals surface area contributed by atoms with Gasteiger partial charge in [-0.05, 0) is 58.2 Å². The van der Waals surface area contributed by atoms with E-state index in [-0.39, 0.29) is 6.04 Å². The lowest BCUT2D eigenvalue weighted by Crippen LogP contribution is -2.05. The monoisotopic (exact) mass is 335 g/mol. The quantitative estimate of drug-likeness (QED) is 0.896. The Morgan fingerprint density at radius 3 is 2.40 bits per heavy atom. The van der Waals surface area contributed by atoms with E-state index in [0.717, 1.165) is 27.1 Å². The largest absolute Gasteiger partial charge is 0.497 e. The van der Waals surface area contributed by atoms with Crippen LogP contribution in [0.3, 0.4) is 0 Å². The minimum absolute atomic E-state index is 0.0157. The lowest BCUT2D eigenvalue weighted by molar-refractivity contribution is 0.304. The molecule has 0 bridgehead atoms. The van der Waals surface area contributed by atoms with E-state index < -0.39 is 0 Å². The number of nitrogens with two attached hydrogens (primary N) is 1. The van der Waals surface area contributed by atoms with E-state index in [1.165, 1.54) is 0 Å². The molecule has 2 aromatic rings. The fraction of sp³-hybridized carbons (Fsp3) is 0.250. The van der Waals surface area contributed by atoms with Gasteiger partial charge in [0, 0.05) is 6.04 Å². The highest BCUT2D eigenvalue weighted by Gasteiger charge is 2.06. The molecule has 4 heteroatoms. The van der Waals surface area contributed by atoms with Crippen molar-refractivity contribution in [3.8, 4) is 11.5 Å². The number of ether oxygens (including phenoxy) is 2. The Hall–Kier alpha value is -1.52. The summed E-state index contributed by atoms with van der Waals surface area (Å²) in [5.41, 5.74) is 8.02. The van der Waals surface area contributed by atoms with Crippen LogP contribution in [0.1, 0.15) is 24.1 Å². The summed E-state index contributed by atoms with van der Waals surface area (Å²) in [7, 11) is 1.66. The molecule has 1 atom stereocenters. The van der Waals surface area contributed by atoms with Gasteiger partial charge in [0.15, 0.2) is 0 Å². The first-order valence-corrected chi connectivity index (χ1v) is 7.20. The smallest absolute Gasteiger partial charge is 0.134 e. The molecular weight excluding hydrogens is 318 g/mol. The molecule has 2 aromatic carbocycles. The molecule has 0 saturated carbocycles. The topological polar surface area (TPSA) is 44.5 Å². The van der Waals surface area contributed by atoms with Crippen molar-refractivity contribution in [2.45, 2.75) is 19.6 Å². The van der Waals surface area contributed by atoms with Gasteiger partial charge in [0.05, 0.1) is 11.6 Å². The third kappa shape index (κ3) is 3.74. The summed E-state index contributed by atoms with van der Waals surface area (Å²) in [6.07, 6.45) is 0. The van der Waals surface area contributed by atoms with E-state index in [1.54, 1.807) is 7.11 Å². The molecule has 2 rings (SSSR count). The highest BCUT2D eigenvalue weighted by Crippen LogP contribution is 2.28. The highest BCUT2D eigenvalue weighted by molar-refractivity contribution is 9.10. The first-order chi connectivity index (χ1) is 9.60. The van der Waals surface area contributed by atoms with Gasteiger partial charge in [-0.1, -0.05) is 18.2 Å². The summed E-state index contributed by atoms with van der Waals surface area (Å²) in [6, 6.07) is 13.8. The van der Waals surface area contributed by atoms with Crippen LogP contribution in [0.5, 0.6) is 11.5 Å². The first-order valence-electron chi connectivity index (χ1n) is 6.41. The number of rotatable bonds is 5. The summed E-state index contributed by atoms with van der Waals surface area (Å²) >= 11 is 3.51. The number of hydrogen-bond acceptors (Lipinski definition) is 3. The molecule has 106 valence electrons. The van der Waals surface area contributed by atoms with Gasteiger partial charge in [-0.2, -0.15) is 0 Å². The molecule has 2 N–H and O–H groups in total. The Morgan fingerprint density at radius 2 is 1.85 bits per heavy atom. The molecule has 0 amide bonds. The summed E-state index contributed by atoms with van der Waals surface area (Å²) in [5.74, 6) is 1.65. The van der Waals surface area contributed by atoms with E-state index in [9.17, 15) is 0 Å². The Morgan fingerprint density at radius 1 is 1.15 bits per heavy atom. The van der Waals surface area contributed by atoms with Crippen molar-refractivity contribution in [3.63, 3.8) is 0 Å². The van der Waals surface area contributed by atoms with Gasteiger partial charge in [0.25, 0.3) is 0 Å². The molecule has 0 spiro atoms. The molecule has 0 aliphatic carbocycles. The molecular formula is C16H18BrNO2. The second kappa shape index (κ2) is 6.77. The SMILES string of the molecule is COc1ccc(COc2ccc(C(C)N)cc2Br)cc1. The molecule has 0 aromatic heterocycles. The standard InChI is InChI=1S/C16H18BrNO2/c1-11(18)13-5-8-16(15(17)9-13)20-10-12-3-6-14(19-2)7-4-12/h3-9,11H,10,18H2,1-2H3. The van der Waals surface area contributed by atoms with Crippen molar-refractivity contribution in [2.75, 3.05) is 7.11 Å². The predicted octanol–water partition coefficient (Wildman–Crippen LogP) is 4.06. The van der Waals surface area contributed by atoms with Gasteiger partial charge in [-0.25, -0.2) is 0 Å². The maximum Gasteiger partial charge on any atom is 0.134 e. The zero-order valence-electron chi connectivity index (χ0n) is 11.6. The second-order valence-electron chi connectivity index (χ2n) is 4.62. The molecule has 0 heterocycles. The fourth-order valence-electron chi connectivity index (χ4n) is 1.80. The predicted molar refractivity (Wildman–Crippen MR) is 84.1 cm³/mol. The van der Waals surface area contributed by atoms with Gasteiger partial charge in [0.2, 0.25) is 0 Å². The zero-order valence-corrected chi connectivity index (χ0v) is 13.2. The normalized spacial score (nSPS) is 12.0. The molecule has 1 unspecified atom stereocenters. The first kappa shape index (κ1) is 14.9. The van der Waals surface area contributed by atoms with Crippen LogP contribution in [0.2, 0.25) is 0 Å². The second-order valence-corrected chi connectivity index (χ2v) is 5.47. The minimum Gasteiger partial charge on any atom is -0.497 e. The van der Waals surface area contributed by atoms with E-state index in [2.05, 4.69) is 15.9 Å². The van der Waals surface area contributed by atoms with Crippen molar-refractivity contribution in [1.29, 1.82) is 0 Å². The van der Waals surface area contributed by atoms with Crippen molar-refractivity contribution < 1.29 is 9.47 Å². The van der Waals surface area contributed by atoms with E-state index >= 15 is 0 Å².